The maximum absolute atomic E-state index is 11.6. The molecule has 0 saturated carbocycles. The van der Waals surface area contributed by atoms with Gasteiger partial charge < -0.3 is 4.74 Å². The van der Waals surface area contributed by atoms with Crippen LogP contribution >= 0.6 is 0 Å². The van der Waals surface area contributed by atoms with Crippen molar-refractivity contribution in [1.82, 2.24) is 0 Å². The number of rotatable bonds is 5. The predicted octanol–water partition coefficient (Wildman–Crippen LogP) is 2.17. The summed E-state index contributed by atoms with van der Waals surface area (Å²) in [7, 11) is 1.58. The first-order valence-corrected chi connectivity index (χ1v) is 4.58. The highest BCUT2D eigenvalue weighted by Gasteiger charge is 2.29. The second-order valence-corrected chi connectivity index (χ2v) is 3.14. The summed E-state index contributed by atoms with van der Waals surface area (Å²) in [6, 6.07) is 0. The number of methoxy groups -OCH3 is 1. The second-order valence-electron chi connectivity index (χ2n) is 3.14. The average molecular weight is 182 g/mol. The van der Waals surface area contributed by atoms with E-state index in [1.807, 2.05) is 13.8 Å². The predicted molar refractivity (Wildman–Crippen MR) is 53.4 cm³/mol. The largest absolute Gasteiger partial charge is 0.371 e. The molecule has 0 fully saturated rings. The highest BCUT2D eigenvalue weighted by Crippen LogP contribution is 2.17. The van der Waals surface area contributed by atoms with Crippen molar-refractivity contribution >= 4 is 5.78 Å². The van der Waals surface area contributed by atoms with Gasteiger partial charge in [0.1, 0.15) is 5.60 Å². The van der Waals surface area contributed by atoms with Crippen LogP contribution in [0.1, 0.15) is 40.0 Å². The van der Waals surface area contributed by atoms with E-state index in [-0.39, 0.29) is 5.78 Å². The molecule has 0 saturated heterocycles. The van der Waals surface area contributed by atoms with E-state index in [0.29, 0.717) is 19.3 Å². The summed E-state index contributed by atoms with van der Waals surface area (Å²) in [4.78, 5) is 11.6. The Labute approximate surface area is 80.7 Å². The van der Waals surface area contributed by atoms with E-state index >= 15 is 0 Å². The lowest BCUT2D eigenvalue weighted by Crippen LogP contribution is -2.36. The van der Waals surface area contributed by atoms with Gasteiger partial charge in [0.05, 0.1) is 0 Å². The monoisotopic (exact) mass is 182 g/mol. The molecule has 0 rings (SSSR count). The molecule has 1 atom stereocenters. The maximum Gasteiger partial charge on any atom is 0.165 e. The van der Waals surface area contributed by atoms with E-state index in [0.717, 1.165) is 0 Å². The van der Waals surface area contributed by atoms with Gasteiger partial charge in [0.2, 0.25) is 0 Å². The van der Waals surface area contributed by atoms with Gasteiger partial charge in [-0.1, -0.05) is 6.92 Å². The third-order valence-electron chi connectivity index (χ3n) is 2.37. The van der Waals surface area contributed by atoms with Gasteiger partial charge in [-0.2, -0.15) is 0 Å². The van der Waals surface area contributed by atoms with E-state index < -0.39 is 5.60 Å². The van der Waals surface area contributed by atoms with Crippen molar-refractivity contribution in [3.8, 4) is 11.8 Å². The molecule has 0 aromatic rings. The number of hydrogen-bond donors (Lipinski definition) is 0. The molecule has 2 heteroatoms. The van der Waals surface area contributed by atoms with Crippen molar-refractivity contribution in [1.29, 1.82) is 0 Å². The number of ether oxygens (including phenoxy) is 1. The Kier molecular flexibility index (Phi) is 5.41. The van der Waals surface area contributed by atoms with Crippen LogP contribution in [-0.2, 0) is 9.53 Å². The van der Waals surface area contributed by atoms with Gasteiger partial charge in [-0.25, -0.2) is 0 Å². The number of carbonyl (C=O) groups excluding carboxylic acids is 1. The molecule has 0 bridgehead atoms. The summed E-state index contributed by atoms with van der Waals surface area (Å²) in [5.41, 5.74) is -0.616. The van der Waals surface area contributed by atoms with Crippen LogP contribution in [0.25, 0.3) is 0 Å². The first-order valence-electron chi connectivity index (χ1n) is 4.58. The molecule has 0 amide bonds. The fourth-order valence-corrected chi connectivity index (χ4v) is 1.02. The Morgan fingerprint density at radius 1 is 1.54 bits per heavy atom. The zero-order valence-electron chi connectivity index (χ0n) is 8.94. The number of carbonyl (C=O) groups is 1. The first-order chi connectivity index (χ1) is 6.10. The lowest BCUT2D eigenvalue weighted by molar-refractivity contribution is -0.139. The van der Waals surface area contributed by atoms with Crippen LogP contribution in [0.5, 0.6) is 0 Å². The normalized spacial score (nSPS) is 14.2. The standard InChI is InChI=1S/C11H18O2/c1-5-7-8-9-10(12)11(3,6-2)13-4/h6,8-9H2,1-4H3. The average Bonchev–Trinajstić information content (AvgIpc) is 2.17. The molecule has 0 aromatic heterocycles. The summed E-state index contributed by atoms with van der Waals surface area (Å²) in [5, 5.41) is 0. The Balaban J connectivity index is 4.12. The van der Waals surface area contributed by atoms with Crippen LogP contribution in [0.15, 0.2) is 0 Å². The molecule has 1 unspecified atom stereocenters. The van der Waals surface area contributed by atoms with Crippen LogP contribution in [0, 0.1) is 11.8 Å². The van der Waals surface area contributed by atoms with Crippen molar-refractivity contribution in [3.63, 3.8) is 0 Å². The summed E-state index contributed by atoms with van der Waals surface area (Å²) < 4.78 is 5.18. The number of ketones is 1. The lowest BCUT2D eigenvalue weighted by Gasteiger charge is -2.24. The molecule has 0 aromatic carbocycles. The van der Waals surface area contributed by atoms with Crippen molar-refractivity contribution < 1.29 is 9.53 Å². The molecule has 0 aliphatic heterocycles. The molecule has 0 N–H and O–H groups in total. The summed E-state index contributed by atoms with van der Waals surface area (Å²) in [6.45, 7) is 5.56. The van der Waals surface area contributed by atoms with Crippen LogP contribution < -0.4 is 0 Å². The second kappa shape index (κ2) is 5.77. The van der Waals surface area contributed by atoms with Gasteiger partial charge in [0.25, 0.3) is 0 Å². The fraction of sp³-hybridized carbons (Fsp3) is 0.727. The lowest BCUT2D eigenvalue weighted by atomic mass is 9.94. The van der Waals surface area contributed by atoms with Gasteiger partial charge in [0, 0.05) is 20.0 Å². The Morgan fingerprint density at radius 2 is 2.15 bits per heavy atom. The smallest absolute Gasteiger partial charge is 0.165 e. The first kappa shape index (κ1) is 12.2. The molecule has 0 aliphatic rings. The Morgan fingerprint density at radius 3 is 2.54 bits per heavy atom. The minimum atomic E-state index is -0.616. The molecule has 13 heavy (non-hydrogen) atoms. The SMILES string of the molecule is CC#CCCC(=O)C(C)(CC)OC. The highest BCUT2D eigenvalue weighted by molar-refractivity contribution is 5.87. The minimum Gasteiger partial charge on any atom is -0.371 e. The summed E-state index contributed by atoms with van der Waals surface area (Å²) in [5.74, 6) is 5.78. The van der Waals surface area contributed by atoms with Crippen molar-refractivity contribution in [2.75, 3.05) is 7.11 Å². The highest BCUT2D eigenvalue weighted by atomic mass is 16.5. The zero-order valence-corrected chi connectivity index (χ0v) is 8.94. The van der Waals surface area contributed by atoms with Gasteiger partial charge in [-0.3, -0.25) is 4.79 Å². The van der Waals surface area contributed by atoms with Crippen LogP contribution in [0.3, 0.4) is 0 Å². The maximum atomic E-state index is 11.6. The van der Waals surface area contributed by atoms with Gasteiger partial charge in [-0.05, 0) is 20.3 Å². The van der Waals surface area contributed by atoms with Crippen LogP contribution in [-0.4, -0.2) is 18.5 Å². The van der Waals surface area contributed by atoms with Gasteiger partial charge in [-0.15, -0.1) is 11.8 Å². The molecule has 0 aliphatic carbocycles. The third kappa shape index (κ3) is 3.61. The summed E-state index contributed by atoms with van der Waals surface area (Å²) >= 11 is 0. The topological polar surface area (TPSA) is 26.3 Å². The molecule has 2 nitrogen and oxygen atoms in total. The minimum absolute atomic E-state index is 0.139. The zero-order chi connectivity index (χ0) is 10.3. The third-order valence-corrected chi connectivity index (χ3v) is 2.37. The molecule has 0 radical (unpaired) electrons. The van der Waals surface area contributed by atoms with E-state index in [4.69, 9.17) is 4.74 Å². The van der Waals surface area contributed by atoms with Crippen molar-refractivity contribution in [2.24, 2.45) is 0 Å². The summed E-state index contributed by atoms with van der Waals surface area (Å²) in [6.07, 6.45) is 1.83. The van der Waals surface area contributed by atoms with Crippen LogP contribution in [0.2, 0.25) is 0 Å². The van der Waals surface area contributed by atoms with Crippen molar-refractivity contribution in [3.05, 3.63) is 0 Å². The van der Waals surface area contributed by atoms with Crippen molar-refractivity contribution in [2.45, 2.75) is 45.6 Å². The van der Waals surface area contributed by atoms with Gasteiger partial charge in [0.15, 0.2) is 5.78 Å². The molecule has 0 spiro atoms. The quantitative estimate of drug-likeness (QED) is 0.609. The molecular formula is C11H18O2. The van der Waals surface area contributed by atoms with E-state index in [1.165, 1.54) is 0 Å². The van der Waals surface area contributed by atoms with E-state index in [1.54, 1.807) is 14.0 Å². The molecule has 74 valence electrons. The Hall–Kier alpha value is -0.810. The van der Waals surface area contributed by atoms with E-state index in [9.17, 15) is 4.79 Å². The van der Waals surface area contributed by atoms with Crippen LogP contribution in [0.4, 0.5) is 0 Å². The number of hydrogen-bond acceptors (Lipinski definition) is 2. The van der Waals surface area contributed by atoms with Gasteiger partial charge >= 0.3 is 0 Å². The molecule has 0 heterocycles. The fourth-order valence-electron chi connectivity index (χ4n) is 1.02. The Bertz CT molecular complexity index is 216. The molecular weight excluding hydrogens is 164 g/mol. The van der Waals surface area contributed by atoms with E-state index in [2.05, 4.69) is 11.8 Å². The number of Topliss-reactive ketones (excluding diaryl/α,β-unsaturated/α-hetero) is 1.